The maximum absolute atomic E-state index is 11.3. The number of rotatable bonds is 3. The van der Waals surface area contributed by atoms with Crippen LogP contribution in [0.3, 0.4) is 0 Å². The maximum atomic E-state index is 11.3. The normalized spacial score (nSPS) is 11.4. The highest BCUT2D eigenvalue weighted by molar-refractivity contribution is 7.92. The van der Waals surface area contributed by atoms with E-state index in [0.29, 0.717) is 5.69 Å². The Morgan fingerprint density at radius 1 is 1.05 bits per heavy atom. The van der Waals surface area contributed by atoms with Crippen LogP contribution in [0.2, 0.25) is 0 Å². The molecular weight excluding hydrogens is 272 g/mol. The third-order valence-electron chi connectivity index (χ3n) is 3.14. The van der Waals surface area contributed by atoms with E-state index in [9.17, 15) is 8.42 Å². The van der Waals surface area contributed by atoms with E-state index in [2.05, 4.69) is 9.71 Å². The van der Waals surface area contributed by atoms with Crippen molar-refractivity contribution in [1.29, 1.82) is 0 Å². The molecule has 0 aliphatic rings. The number of benzene rings is 1. The molecular formula is C15H18N2O2S. The lowest BCUT2D eigenvalue weighted by Crippen LogP contribution is -2.10. The molecule has 106 valence electrons. The second kappa shape index (κ2) is 5.25. The van der Waals surface area contributed by atoms with E-state index in [4.69, 9.17) is 0 Å². The minimum absolute atomic E-state index is 0.591. The van der Waals surface area contributed by atoms with E-state index in [0.717, 1.165) is 34.1 Å². The molecule has 5 heteroatoms. The molecule has 1 heterocycles. The zero-order valence-electron chi connectivity index (χ0n) is 12.1. The second-order valence-corrected chi connectivity index (χ2v) is 6.80. The highest BCUT2D eigenvalue weighted by atomic mass is 32.2. The molecule has 2 aromatic rings. The van der Waals surface area contributed by atoms with E-state index in [1.807, 2.05) is 45.2 Å². The molecule has 2 rings (SSSR count). The number of sulfonamides is 1. The number of hydrogen-bond donors (Lipinski definition) is 1. The van der Waals surface area contributed by atoms with Crippen LogP contribution in [0, 0.1) is 20.8 Å². The average molecular weight is 290 g/mol. The van der Waals surface area contributed by atoms with Gasteiger partial charge in [0.25, 0.3) is 0 Å². The Bertz CT molecular complexity index is 729. The smallest absolute Gasteiger partial charge is 0.229 e. The van der Waals surface area contributed by atoms with Gasteiger partial charge >= 0.3 is 0 Å². The molecule has 1 N–H and O–H groups in total. The molecule has 1 aromatic heterocycles. The number of anilines is 1. The topological polar surface area (TPSA) is 59.1 Å². The molecule has 0 atom stereocenters. The van der Waals surface area contributed by atoms with Gasteiger partial charge in [0.1, 0.15) is 0 Å². The standard InChI is InChI=1S/C15H18N2O2S/c1-10-5-6-16-9-14(10)15-11(2)7-13(8-12(15)3)17-20(4,18)19/h5-9,17H,1-4H3. The Morgan fingerprint density at radius 3 is 2.15 bits per heavy atom. The Morgan fingerprint density at radius 2 is 1.65 bits per heavy atom. The van der Waals surface area contributed by atoms with Crippen molar-refractivity contribution in [2.45, 2.75) is 20.8 Å². The first-order valence-electron chi connectivity index (χ1n) is 6.28. The Hall–Kier alpha value is -1.88. The fraction of sp³-hybridized carbons (Fsp3) is 0.267. The van der Waals surface area contributed by atoms with Crippen LogP contribution in [-0.4, -0.2) is 19.7 Å². The van der Waals surface area contributed by atoms with Crippen LogP contribution in [0.15, 0.2) is 30.6 Å². The molecule has 0 saturated heterocycles. The summed E-state index contributed by atoms with van der Waals surface area (Å²) in [7, 11) is -3.26. The van der Waals surface area contributed by atoms with Crippen molar-refractivity contribution in [3.63, 3.8) is 0 Å². The zero-order chi connectivity index (χ0) is 14.9. The van der Waals surface area contributed by atoms with Crippen molar-refractivity contribution in [3.05, 3.63) is 47.3 Å². The second-order valence-electron chi connectivity index (χ2n) is 5.05. The van der Waals surface area contributed by atoms with Crippen LogP contribution >= 0.6 is 0 Å². The monoisotopic (exact) mass is 290 g/mol. The van der Waals surface area contributed by atoms with E-state index in [1.54, 1.807) is 6.20 Å². The van der Waals surface area contributed by atoms with Crippen LogP contribution in [0.25, 0.3) is 11.1 Å². The molecule has 0 aliphatic heterocycles. The average Bonchev–Trinajstić information content (AvgIpc) is 2.28. The summed E-state index contributed by atoms with van der Waals surface area (Å²) in [6.45, 7) is 5.99. The van der Waals surface area contributed by atoms with Crippen molar-refractivity contribution in [2.75, 3.05) is 11.0 Å². The lowest BCUT2D eigenvalue weighted by atomic mass is 9.94. The third kappa shape index (κ3) is 3.17. The van der Waals surface area contributed by atoms with Gasteiger partial charge in [0.05, 0.1) is 6.26 Å². The number of aromatic nitrogens is 1. The van der Waals surface area contributed by atoms with Gasteiger partial charge in [-0.05, 0) is 61.2 Å². The third-order valence-corrected chi connectivity index (χ3v) is 3.75. The first-order valence-corrected chi connectivity index (χ1v) is 8.17. The summed E-state index contributed by atoms with van der Waals surface area (Å²) in [4.78, 5) is 4.17. The quantitative estimate of drug-likeness (QED) is 0.945. The molecule has 0 aliphatic carbocycles. The molecule has 0 bridgehead atoms. The van der Waals surface area contributed by atoms with E-state index in [1.165, 1.54) is 0 Å². The number of nitrogens with zero attached hydrogens (tertiary/aromatic N) is 1. The highest BCUT2D eigenvalue weighted by Gasteiger charge is 2.11. The first kappa shape index (κ1) is 14.5. The van der Waals surface area contributed by atoms with Gasteiger partial charge in [-0.1, -0.05) is 0 Å². The fourth-order valence-corrected chi connectivity index (χ4v) is 2.93. The number of pyridine rings is 1. The van der Waals surface area contributed by atoms with E-state index in [-0.39, 0.29) is 0 Å². The zero-order valence-corrected chi connectivity index (χ0v) is 12.9. The minimum atomic E-state index is -3.26. The molecule has 1 aromatic carbocycles. The van der Waals surface area contributed by atoms with Crippen LogP contribution in [-0.2, 0) is 10.0 Å². The molecule has 4 nitrogen and oxygen atoms in total. The van der Waals surface area contributed by atoms with Crippen LogP contribution < -0.4 is 4.72 Å². The van der Waals surface area contributed by atoms with E-state index < -0.39 is 10.0 Å². The molecule has 0 saturated carbocycles. The number of hydrogen-bond acceptors (Lipinski definition) is 3. The largest absolute Gasteiger partial charge is 0.284 e. The molecule has 0 fully saturated rings. The van der Waals surface area contributed by atoms with Gasteiger partial charge in [-0.15, -0.1) is 0 Å². The lowest BCUT2D eigenvalue weighted by Gasteiger charge is -2.15. The van der Waals surface area contributed by atoms with Crippen molar-refractivity contribution in [3.8, 4) is 11.1 Å². The van der Waals surface area contributed by atoms with Crippen LogP contribution in [0.5, 0.6) is 0 Å². The summed E-state index contributed by atoms with van der Waals surface area (Å²) >= 11 is 0. The van der Waals surface area contributed by atoms with Crippen molar-refractivity contribution in [2.24, 2.45) is 0 Å². The Balaban J connectivity index is 2.55. The number of aryl methyl sites for hydroxylation is 3. The molecule has 0 unspecified atom stereocenters. The van der Waals surface area contributed by atoms with E-state index >= 15 is 0 Å². The predicted octanol–water partition coefficient (Wildman–Crippen LogP) is 3.05. The molecule has 0 amide bonds. The van der Waals surface area contributed by atoms with Crippen molar-refractivity contribution >= 4 is 15.7 Å². The Kier molecular flexibility index (Phi) is 3.81. The van der Waals surface area contributed by atoms with Gasteiger partial charge in [0.15, 0.2) is 0 Å². The van der Waals surface area contributed by atoms with Gasteiger partial charge in [-0.2, -0.15) is 0 Å². The van der Waals surface area contributed by atoms with Gasteiger partial charge < -0.3 is 0 Å². The lowest BCUT2D eigenvalue weighted by molar-refractivity contribution is 0.607. The highest BCUT2D eigenvalue weighted by Crippen LogP contribution is 2.31. The van der Waals surface area contributed by atoms with Gasteiger partial charge in [0.2, 0.25) is 10.0 Å². The molecule has 0 spiro atoms. The van der Waals surface area contributed by atoms with Crippen LogP contribution in [0.1, 0.15) is 16.7 Å². The Labute approximate surface area is 119 Å². The summed E-state index contributed by atoms with van der Waals surface area (Å²) in [6, 6.07) is 5.66. The molecule has 0 radical (unpaired) electrons. The molecule has 20 heavy (non-hydrogen) atoms. The summed E-state index contributed by atoms with van der Waals surface area (Å²) in [5, 5.41) is 0. The van der Waals surface area contributed by atoms with Gasteiger partial charge in [0, 0.05) is 23.6 Å². The maximum Gasteiger partial charge on any atom is 0.229 e. The summed E-state index contributed by atoms with van der Waals surface area (Å²) in [5.74, 6) is 0. The first-order chi connectivity index (χ1) is 9.28. The minimum Gasteiger partial charge on any atom is -0.284 e. The summed E-state index contributed by atoms with van der Waals surface area (Å²) in [6.07, 6.45) is 4.76. The fourth-order valence-electron chi connectivity index (χ4n) is 2.39. The van der Waals surface area contributed by atoms with Crippen molar-refractivity contribution in [1.82, 2.24) is 4.98 Å². The summed E-state index contributed by atoms with van der Waals surface area (Å²) in [5.41, 5.74) is 5.96. The van der Waals surface area contributed by atoms with Crippen LogP contribution in [0.4, 0.5) is 5.69 Å². The predicted molar refractivity (Wildman–Crippen MR) is 82.4 cm³/mol. The van der Waals surface area contributed by atoms with Crippen molar-refractivity contribution < 1.29 is 8.42 Å². The summed E-state index contributed by atoms with van der Waals surface area (Å²) < 4.78 is 25.1. The van der Waals surface area contributed by atoms with Gasteiger partial charge in [-0.25, -0.2) is 8.42 Å². The van der Waals surface area contributed by atoms with Gasteiger partial charge in [-0.3, -0.25) is 9.71 Å². The number of nitrogens with one attached hydrogen (secondary N) is 1. The SMILES string of the molecule is Cc1ccncc1-c1c(C)cc(NS(C)(=O)=O)cc1C.